The molecule has 0 spiro atoms. The lowest BCUT2D eigenvalue weighted by atomic mass is 9.82. The number of carbonyl (C=O) groups is 2. The van der Waals surface area contributed by atoms with Gasteiger partial charge in [0.1, 0.15) is 5.82 Å². The summed E-state index contributed by atoms with van der Waals surface area (Å²) in [4.78, 5) is 42.6. The Morgan fingerprint density at radius 1 is 1.26 bits per heavy atom. The molecule has 3 N–H and O–H groups in total. The smallest absolute Gasteiger partial charge is 0.311 e. The lowest BCUT2D eigenvalue weighted by Gasteiger charge is -2.26. The third-order valence-corrected chi connectivity index (χ3v) is 5.78. The molecular formula is C19H25N3O4S. The first-order valence-electron chi connectivity index (χ1n) is 8.97. The predicted octanol–water partition coefficient (Wildman–Crippen LogP) is 2.55. The molecule has 8 heteroatoms. The Balaban J connectivity index is 1.80. The number of aliphatic carboxylic acids is 1. The number of aromatic amines is 1. The van der Waals surface area contributed by atoms with Crippen molar-refractivity contribution in [2.24, 2.45) is 5.41 Å². The summed E-state index contributed by atoms with van der Waals surface area (Å²) in [6.45, 7) is 3.77. The zero-order valence-electron chi connectivity index (χ0n) is 15.6. The van der Waals surface area contributed by atoms with E-state index in [0.717, 1.165) is 0 Å². The van der Waals surface area contributed by atoms with E-state index in [2.05, 4.69) is 15.3 Å². The number of fused-ring (bicyclic) bond motifs is 1. The van der Waals surface area contributed by atoms with Crippen molar-refractivity contribution in [2.45, 2.75) is 38.9 Å². The van der Waals surface area contributed by atoms with E-state index in [4.69, 9.17) is 0 Å². The standard InChI is InChI=1S/C19H25N3O4S/c1-3-19(4-2,18(25)26)12-20-16(23)9-10-27-11-15-21-14-8-6-5-7-13(14)17(24)22-15/h5-8H,3-4,9-12H2,1-2H3,(H,20,23)(H,25,26)(H,21,22,24). The summed E-state index contributed by atoms with van der Waals surface area (Å²) in [6, 6.07) is 7.15. The highest BCUT2D eigenvalue weighted by molar-refractivity contribution is 7.98. The van der Waals surface area contributed by atoms with Crippen molar-refractivity contribution < 1.29 is 14.7 Å². The second-order valence-corrected chi connectivity index (χ2v) is 7.51. The molecule has 0 bridgehead atoms. The van der Waals surface area contributed by atoms with E-state index < -0.39 is 11.4 Å². The minimum absolute atomic E-state index is 0.137. The summed E-state index contributed by atoms with van der Waals surface area (Å²) in [5, 5.41) is 12.7. The van der Waals surface area contributed by atoms with Crippen LogP contribution >= 0.6 is 11.8 Å². The molecule has 7 nitrogen and oxygen atoms in total. The van der Waals surface area contributed by atoms with Crippen LogP contribution < -0.4 is 10.9 Å². The number of thioether (sulfide) groups is 1. The summed E-state index contributed by atoms with van der Waals surface area (Å²) >= 11 is 1.49. The van der Waals surface area contributed by atoms with Crippen molar-refractivity contribution in [3.05, 3.63) is 40.4 Å². The molecule has 0 saturated carbocycles. The number of nitrogens with zero attached hydrogens (tertiary/aromatic N) is 1. The molecule has 0 radical (unpaired) electrons. The van der Waals surface area contributed by atoms with Crippen molar-refractivity contribution >= 4 is 34.5 Å². The monoisotopic (exact) mass is 391 g/mol. The molecule has 1 aromatic carbocycles. The van der Waals surface area contributed by atoms with Crippen LogP contribution in [0.15, 0.2) is 29.1 Å². The summed E-state index contributed by atoms with van der Waals surface area (Å²) in [6.07, 6.45) is 1.22. The number of H-pyrrole nitrogens is 1. The fraction of sp³-hybridized carbons (Fsp3) is 0.474. The topological polar surface area (TPSA) is 112 Å². The first-order valence-corrected chi connectivity index (χ1v) is 10.1. The van der Waals surface area contributed by atoms with Gasteiger partial charge in [0, 0.05) is 18.7 Å². The van der Waals surface area contributed by atoms with E-state index in [9.17, 15) is 19.5 Å². The summed E-state index contributed by atoms with van der Waals surface area (Å²) in [5.41, 5.74) is -0.422. The minimum atomic E-state index is -0.905. The maximum atomic E-state index is 12.0. The van der Waals surface area contributed by atoms with E-state index >= 15 is 0 Å². The molecule has 1 heterocycles. The highest BCUT2D eigenvalue weighted by Crippen LogP contribution is 2.25. The van der Waals surface area contributed by atoms with E-state index in [1.807, 2.05) is 19.9 Å². The maximum Gasteiger partial charge on any atom is 0.311 e. The summed E-state index contributed by atoms with van der Waals surface area (Å²) < 4.78 is 0. The molecule has 146 valence electrons. The number of para-hydroxylation sites is 1. The van der Waals surface area contributed by atoms with Crippen LogP contribution in [0.3, 0.4) is 0 Å². The molecule has 0 aliphatic carbocycles. The van der Waals surface area contributed by atoms with Gasteiger partial charge < -0.3 is 15.4 Å². The van der Waals surface area contributed by atoms with Gasteiger partial charge >= 0.3 is 5.97 Å². The van der Waals surface area contributed by atoms with Gasteiger partial charge in [0.05, 0.1) is 22.1 Å². The second-order valence-electron chi connectivity index (χ2n) is 6.40. The zero-order chi connectivity index (χ0) is 19.9. The first-order chi connectivity index (χ1) is 12.9. The highest BCUT2D eigenvalue weighted by Gasteiger charge is 2.34. The molecule has 0 atom stereocenters. The van der Waals surface area contributed by atoms with Crippen molar-refractivity contribution in [2.75, 3.05) is 12.3 Å². The molecule has 0 aliphatic rings. The molecule has 2 aromatic rings. The molecule has 0 aliphatic heterocycles. The average molecular weight is 391 g/mol. The molecule has 0 fully saturated rings. The van der Waals surface area contributed by atoms with Crippen LogP contribution in [0.4, 0.5) is 0 Å². The number of hydrogen-bond acceptors (Lipinski definition) is 5. The van der Waals surface area contributed by atoms with E-state index in [0.29, 0.717) is 41.1 Å². The largest absolute Gasteiger partial charge is 0.481 e. The maximum absolute atomic E-state index is 12.0. The number of carboxylic acids is 1. The van der Waals surface area contributed by atoms with Crippen molar-refractivity contribution in [3.63, 3.8) is 0 Å². The fourth-order valence-electron chi connectivity index (χ4n) is 2.77. The molecule has 0 unspecified atom stereocenters. The van der Waals surface area contributed by atoms with Crippen molar-refractivity contribution in [1.29, 1.82) is 0 Å². The van der Waals surface area contributed by atoms with Gasteiger partial charge in [0.25, 0.3) is 5.56 Å². The van der Waals surface area contributed by atoms with E-state index in [-0.39, 0.29) is 24.4 Å². The number of carbonyl (C=O) groups excluding carboxylic acids is 1. The van der Waals surface area contributed by atoms with Crippen molar-refractivity contribution in [3.8, 4) is 0 Å². The van der Waals surface area contributed by atoms with Crippen molar-refractivity contribution in [1.82, 2.24) is 15.3 Å². The normalized spacial score (nSPS) is 11.5. The number of hydrogen-bond donors (Lipinski definition) is 3. The molecule has 2 rings (SSSR count). The van der Waals surface area contributed by atoms with Crippen LogP contribution in [-0.4, -0.2) is 39.2 Å². The van der Waals surface area contributed by atoms with Gasteiger partial charge in [-0.25, -0.2) is 4.98 Å². The van der Waals surface area contributed by atoms with Crippen LogP contribution in [0.25, 0.3) is 10.9 Å². The van der Waals surface area contributed by atoms with Gasteiger partial charge in [-0.3, -0.25) is 14.4 Å². The van der Waals surface area contributed by atoms with Crippen LogP contribution in [0.1, 0.15) is 38.9 Å². The van der Waals surface area contributed by atoms with Gasteiger partial charge in [-0.1, -0.05) is 26.0 Å². The Hall–Kier alpha value is -2.35. The van der Waals surface area contributed by atoms with Crippen LogP contribution in [0, 0.1) is 5.41 Å². The van der Waals surface area contributed by atoms with Gasteiger partial charge in [0.15, 0.2) is 0 Å². The Labute approximate surface area is 162 Å². The van der Waals surface area contributed by atoms with Crippen LogP contribution in [0.5, 0.6) is 0 Å². The Morgan fingerprint density at radius 3 is 2.63 bits per heavy atom. The number of aromatic nitrogens is 2. The zero-order valence-corrected chi connectivity index (χ0v) is 16.4. The number of amides is 1. The van der Waals surface area contributed by atoms with Gasteiger partial charge in [-0.05, 0) is 25.0 Å². The van der Waals surface area contributed by atoms with Gasteiger partial charge in [0.2, 0.25) is 5.91 Å². The van der Waals surface area contributed by atoms with Gasteiger partial charge in [-0.15, -0.1) is 0 Å². The lowest BCUT2D eigenvalue weighted by Crippen LogP contribution is -2.42. The van der Waals surface area contributed by atoms with Crippen LogP contribution in [-0.2, 0) is 15.3 Å². The van der Waals surface area contributed by atoms with Crippen LogP contribution in [0.2, 0.25) is 0 Å². The number of nitrogens with one attached hydrogen (secondary N) is 2. The number of rotatable bonds is 10. The number of benzene rings is 1. The Bertz CT molecular complexity index is 861. The molecule has 27 heavy (non-hydrogen) atoms. The quantitative estimate of drug-likeness (QED) is 0.537. The van der Waals surface area contributed by atoms with E-state index in [1.54, 1.807) is 18.2 Å². The predicted molar refractivity (Wildman–Crippen MR) is 107 cm³/mol. The lowest BCUT2D eigenvalue weighted by molar-refractivity contribution is -0.149. The molecule has 1 aromatic heterocycles. The fourth-order valence-corrected chi connectivity index (χ4v) is 3.58. The first kappa shape index (κ1) is 21.0. The SMILES string of the molecule is CCC(CC)(CNC(=O)CCSCc1nc2ccccc2c(=O)[nH]1)C(=O)O. The third kappa shape index (κ3) is 5.32. The number of carboxylic acid groups (broad SMARTS) is 1. The second kappa shape index (κ2) is 9.55. The highest BCUT2D eigenvalue weighted by atomic mass is 32.2. The van der Waals surface area contributed by atoms with E-state index in [1.165, 1.54) is 11.8 Å². The van der Waals surface area contributed by atoms with Gasteiger partial charge in [-0.2, -0.15) is 11.8 Å². The minimum Gasteiger partial charge on any atom is -0.481 e. The summed E-state index contributed by atoms with van der Waals surface area (Å²) in [5.74, 6) is 0.575. The third-order valence-electron chi connectivity index (χ3n) is 4.81. The molecule has 0 saturated heterocycles. The molecule has 1 amide bonds. The average Bonchev–Trinajstić information content (AvgIpc) is 2.66. The molecular weight excluding hydrogens is 366 g/mol. The summed E-state index contributed by atoms with van der Waals surface area (Å²) in [7, 11) is 0. The Morgan fingerprint density at radius 2 is 1.96 bits per heavy atom. The Kier molecular flexibility index (Phi) is 7.41.